The fourth-order valence-corrected chi connectivity index (χ4v) is 1.99. The van der Waals surface area contributed by atoms with Gasteiger partial charge in [0.1, 0.15) is 11.5 Å². The molecule has 0 aliphatic rings. The first-order valence-electron chi connectivity index (χ1n) is 6.51. The number of carbonyl (C=O) groups excluding carboxylic acids is 1. The summed E-state index contributed by atoms with van der Waals surface area (Å²) in [6.07, 6.45) is 3.42. The van der Waals surface area contributed by atoms with Crippen LogP contribution in [0.3, 0.4) is 0 Å². The molecule has 0 fully saturated rings. The minimum atomic E-state index is -0.0935. The first-order valence-corrected chi connectivity index (χ1v) is 6.51. The van der Waals surface area contributed by atoms with E-state index in [0.717, 1.165) is 5.56 Å². The molecule has 0 bridgehead atoms. The molecule has 2 aromatic rings. The second-order valence-electron chi connectivity index (χ2n) is 4.62. The summed E-state index contributed by atoms with van der Waals surface area (Å²) in [7, 11) is 4.88. The number of benzene rings is 1. The molecule has 0 saturated carbocycles. The van der Waals surface area contributed by atoms with Crippen molar-refractivity contribution in [1.82, 2.24) is 9.88 Å². The number of rotatable bonds is 5. The Labute approximate surface area is 124 Å². The number of carbonyl (C=O) groups is 1. The Morgan fingerprint density at radius 1 is 1.10 bits per heavy atom. The summed E-state index contributed by atoms with van der Waals surface area (Å²) in [5, 5.41) is 0. The molecule has 0 aliphatic heterocycles. The van der Waals surface area contributed by atoms with Gasteiger partial charge in [-0.05, 0) is 29.8 Å². The van der Waals surface area contributed by atoms with Gasteiger partial charge < -0.3 is 14.4 Å². The monoisotopic (exact) mass is 286 g/mol. The van der Waals surface area contributed by atoms with Crippen molar-refractivity contribution >= 4 is 5.91 Å². The summed E-state index contributed by atoms with van der Waals surface area (Å²) in [6, 6.07) is 8.91. The molecule has 0 spiro atoms. The highest BCUT2D eigenvalue weighted by molar-refractivity contribution is 5.94. The Morgan fingerprint density at radius 2 is 1.67 bits per heavy atom. The van der Waals surface area contributed by atoms with Crippen LogP contribution in [0.15, 0.2) is 42.7 Å². The van der Waals surface area contributed by atoms with E-state index in [4.69, 9.17) is 9.47 Å². The topological polar surface area (TPSA) is 51.7 Å². The van der Waals surface area contributed by atoms with E-state index in [2.05, 4.69) is 4.98 Å². The van der Waals surface area contributed by atoms with Gasteiger partial charge in [-0.25, -0.2) is 0 Å². The largest absolute Gasteiger partial charge is 0.497 e. The lowest BCUT2D eigenvalue weighted by Crippen LogP contribution is -2.26. The van der Waals surface area contributed by atoms with Crippen LogP contribution in [0.5, 0.6) is 11.5 Å². The van der Waals surface area contributed by atoms with Crippen molar-refractivity contribution in [1.29, 1.82) is 0 Å². The molecule has 1 aromatic heterocycles. The second-order valence-corrected chi connectivity index (χ2v) is 4.62. The minimum Gasteiger partial charge on any atom is -0.497 e. The fourth-order valence-electron chi connectivity index (χ4n) is 1.99. The number of amides is 1. The molecule has 0 aliphatic carbocycles. The van der Waals surface area contributed by atoms with Gasteiger partial charge in [-0.3, -0.25) is 9.78 Å². The van der Waals surface area contributed by atoms with Gasteiger partial charge in [0, 0.05) is 37.6 Å². The minimum absolute atomic E-state index is 0.0935. The van der Waals surface area contributed by atoms with E-state index in [1.807, 2.05) is 12.1 Å². The van der Waals surface area contributed by atoms with Gasteiger partial charge >= 0.3 is 0 Å². The molecule has 0 unspecified atom stereocenters. The molecule has 2 rings (SSSR count). The van der Waals surface area contributed by atoms with Crippen LogP contribution in [-0.2, 0) is 6.54 Å². The predicted octanol–water partition coefficient (Wildman–Crippen LogP) is 2.37. The smallest absolute Gasteiger partial charge is 0.254 e. The maximum absolute atomic E-state index is 12.5. The number of ether oxygens (including phenoxy) is 2. The van der Waals surface area contributed by atoms with Crippen molar-refractivity contribution in [3.05, 3.63) is 53.9 Å². The summed E-state index contributed by atoms with van der Waals surface area (Å²) >= 11 is 0. The van der Waals surface area contributed by atoms with Crippen LogP contribution >= 0.6 is 0 Å². The molecular formula is C16H18N2O3. The summed E-state index contributed by atoms with van der Waals surface area (Å²) in [6.45, 7) is 0.515. The van der Waals surface area contributed by atoms with Gasteiger partial charge in [0.25, 0.3) is 5.91 Å². The normalized spacial score (nSPS) is 10.0. The second kappa shape index (κ2) is 6.74. The van der Waals surface area contributed by atoms with E-state index in [1.54, 1.807) is 56.8 Å². The third-order valence-electron chi connectivity index (χ3n) is 3.11. The molecular weight excluding hydrogens is 268 g/mol. The lowest BCUT2D eigenvalue weighted by molar-refractivity contribution is 0.0784. The number of methoxy groups -OCH3 is 2. The van der Waals surface area contributed by atoms with Crippen molar-refractivity contribution in [2.75, 3.05) is 21.3 Å². The number of pyridine rings is 1. The average Bonchev–Trinajstić information content (AvgIpc) is 2.54. The van der Waals surface area contributed by atoms with Gasteiger partial charge in [-0.15, -0.1) is 0 Å². The van der Waals surface area contributed by atoms with Crippen LogP contribution in [0.1, 0.15) is 15.9 Å². The highest BCUT2D eigenvalue weighted by Gasteiger charge is 2.14. The summed E-state index contributed by atoms with van der Waals surface area (Å²) in [4.78, 5) is 18.1. The zero-order chi connectivity index (χ0) is 15.2. The van der Waals surface area contributed by atoms with Gasteiger partial charge in [-0.1, -0.05) is 0 Å². The first-order chi connectivity index (χ1) is 10.1. The zero-order valence-electron chi connectivity index (χ0n) is 12.4. The predicted molar refractivity (Wildman–Crippen MR) is 79.6 cm³/mol. The lowest BCUT2D eigenvalue weighted by atomic mass is 10.1. The van der Waals surface area contributed by atoms with Gasteiger partial charge in [0.15, 0.2) is 0 Å². The molecule has 0 atom stereocenters. The van der Waals surface area contributed by atoms with Crippen LogP contribution in [0.25, 0.3) is 0 Å². The quantitative estimate of drug-likeness (QED) is 0.846. The maximum atomic E-state index is 12.5. The Balaban J connectivity index is 2.19. The Bertz CT molecular complexity index is 592. The fraction of sp³-hybridized carbons (Fsp3) is 0.250. The lowest BCUT2D eigenvalue weighted by Gasteiger charge is -2.18. The molecule has 0 N–H and O–H groups in total. The molecule has 0 radical (unpaired) electrons. The molecule has 5 heteroatoms. The molecule has 0 saturated heterocycles. The van der Waals surface area contributed by atoms with E-state index in [0.29, 0.717) is 23.6 Å². The Morgan fingerprint density at radius 3 is 2.19 bits per heavy atom. The van der Waals surface area contributed by atoms with Crippen LogP contribution in [0, 0.1) is 0 Å². The molecule has 5 nitrogen and oxygen atoms in total. The van der Waals surface area contributed by atoms with Crippen molar-refractivity contribution in [3.8, 4) is 11.5 Å². The highest BCUT2D eigenvalue weighted by atomic mass is 16.5. The molecule has 21 heavy (non-hydrogen) atoms. The van der Waals surface area contributed by atoms with Gasteiger partial charge in [-0.2, -0.15) is 0 Å². The zero-order valence-corrected chi connectivity index (χ0v) is 12.4. The molecule has 1 amide bonds. The molecule has 110 valence electrons. The summed E-state index contributed by atoms with van der Waals surface area (Å²) in [5.41, 5.74) is 1.55. The van der Waals surface area contributed by atoms with E-state index in [9.17, 15) is 4.79 Å². The van der Waals surface area contributed by atoms with Crippen molar-refractivity contribution in [2.45, 2.75) is 6.54 Å². The van der Waals surface area contributed by atoms with Crippen LogP contribution in [0.4, 0.5) is 0 Å². The number of aromatic nitrogens is 1. The number of hydrogen-bond acceptors (Lipinski definition) is 4. The van der Waals surface area contributed by atoms with E-state index in [1.165, 1.54) is 0 Å². The average molecular weight is 286 g/mol. The van der Waals surface area contributed by atoms with Crippen molar-refractivity contribution in [3.63, 3.8) is 0 Å². The van der Waals surface area contributed by atoms with Gasteiger partial charge in [0.2, 0.25) is 0 Å². The van der Waals surface area contributed by atoms with Crippen LogP contribution in [0.2, 0.25) is 0 Å². The van der Waals surface area contributed by atoms with E-state index in [-0.39, 0.29) is 5.91 Å². The van der Waals surface area contributed by atoms with Crippen LogP contribution < -0.4 is 9.47 Å². The maximum Gasteiger partial charge on any atom is 0.254 e. The molecule has 1 heterocycles. The highest BCUT2D eigenvalue weighted by Crippen LogP contribution is 2.23. The molecule has 1 aromatic carbocycles. The van der Waals surface area contributed by atoms with E-state index < -0.39 is 0 Å². The SMILES string of the molecule is COc1cc(OC)cc(C(=O)N(C)Cc2ccncc2)c1. The summed E-state index contributed by atoms with van der Waals surface area (Å²) in [5.74, 6) is 1.09. The Kier molecular flexibility index (Phi) is 4.77. The Hall–Kier alpha value is -2.56. The van der Waals surface area contributed by atoms with Crippen LogP contribution in [-0.4, -0.2) is 37.1 Å². The van der Waals surface area contributed by atoms with Gasteiger partial charge in [0.05, 0.1) is 14.2 Å². The third-order valence-corrected chi connectivity index (χ3v) is 3.11. The number of hydrogen-bond donors (Lipinski definition) is 0. The first kappa shape index (κ1) is 14.8. The van der Waals surface area contributed by atoms with Crippen molar-refractivity contribution in [2.24, 2.45) is 0 Å². The number of nitrogens with zero attached hydrogens (tertiary/aromatic N) is 2. The van der Waals surface area contributed by atoms with Crippen molar-refractivity contribution < 1.29 is 14.3 Å². The standard InChI is InChI=1S/C16H18N2O3/c1-18(11-12-4-6-17-7-5-12)16(19)13-8-14(20-2)10-15(9-13)21-3/h4-10H,11H2,1-3H3. The van der Waals surface area contributed by atoms with E-state index >= 15 is 0 Å². The summed E-state index contributed by atoms with van der Waals surface area (Å²) < 4.78 is 10.4. The third kappa shape index (κ3) is 3.72.